The number of benzene rings is 3. The number of para-hydroxylation sites is 2. The normalized spacial score (nSPS) is 11.9. The van der Waals surface area contributed by atoms with Crippen molar-refractivity contribution in [3.63, 3.8) is 0 Å². The molecule has 0 unspecified atom stereocenters. The molecule has 0 bridgehead atoms. The van der Waals surface area contributed by atoms with E-state index in [1.807, 2.05) is 42.5 Å². The Balaban J connectivity index is 1.52. The minimum atomic E-state index is -0.483. The Labute approximate surface area is 189 Å². The monoisotopic (exact) mass is 446 g/mol. The van der Waals surface area contributed by atoms with Crippen LogP contribution in [0.5, 0.6) is 0 Å². The molecule has 0 radical (unpaired) electrons. The number of nitrogens with zero attached hydrogens (tertiary/aromatic N) is 3. The van der Waals surface area contributed by atoms with Crippen LogP contribution in [0.2, 0.25) is 0 Å². The molecule has 7 nitrogen and oxygen atoms in total. The van der Waals surface area contributed by atoms with Crippen molar-refractivity contribution >= 4 is 40.1 Å². The topological polar surface area (TPSA) is 90.1 Å². The zero-order valence-electron chi connectivity index (χ0n) is 17.5. The van der Waals surface area contributed by atoms with Crippen LogP contribution in [0.15, 0.2) is 84.0 Å². The van der Waals surface area contributed by atoms with Gasteiger partial charge in [0.25, 0.3) is 5.69 Å². The number of nitro benzene ring substituents is 1. The van der Waals surface area contributed by atoms with Crippen LogP contribution in [-0.2, 0) is 17.8 Å². The Hall–Kier alpha value is -3.65. The van der Waals surface area contributed by atoms with E-state index in [0.29, 0.717) is 5.69 Å². The first-order valence-electron chi connectivity index (χ1n) is 10.2. The lowest BCUT2D eigenvalue weighted by atomic mass is 10.1. The number of hydrogen-bond donors (Lipinski definition) is 1. The number of imidazole rings is 1. The molecule has 1 heterocycles. The summed E-state index contributed by atoms with van der Waals surface area (Å²) < 4.78 is 2.14. The van der Waals surface area contributed by atoms with Crippen LogP contribution < -0.4 is 5.32 Å². The number of carbonyl (C=O) groups excluding carboxylic acids is 1. The molecule has 1 N–H and O–H groups in total. The van der Waals surface area contributed by atoms with Gasteiger partial charge in [-0.3, -0.25) is 14.9 Å². The van der Waals surface area contributed by atoms with E-state index in [1.165, 1.54) is 29.5 Å². The third-order valence-corrected chi connectivity index (χ3v) is 6.15. The summed E-state index contributed by atoms with van der Waals surface area (Å²) in [4.78, 5) is 28.0. The number of aromatic nitrogens is 2. The van der Waals surface area contributed by atoms with E-state index in [9.17, 15) is 14.9 Å². The number of non-ortho nitro benzene ring substituents is 1. The van der Waals surface area contributed by atoms with Gasteiger partial charge >= 0.3 is 0 Å². The van der Waals surface area contributed by atoms with Crippen molar-refractivity contribution in [3.05, 3.63) is 94.5 Å². The summed E-state index contributed by atoms with van der Waals surface area (Å²) in [7, 11) is 0. The first-order chi connectivity index (χ1) is 15.5. The number of hydrogen-bond acceptors (Lipinski definition) is 5. The van der Waals surface area contributed by atoms with Crippen molar-refractivity contribution in [2.75, 3.05) is 5.32 Å². The van der Waals surface area contributed by atoms with Gasteiger partial charge in [0.05, 0.1) is 21.2 Å². The smallest absolute Gasteiger partial charge is 0.271 e. The van der Waals surface area contributed by atoms with Crippen molar-refractivity contribution in [2.45, 2.75) is 30.3 Å². The molecular weight excluding hydrogens is 424 g/mol. The van der Waals surface area contributed by atoms with Crippen LogP contribution in [-0.4, -0.2) is 25.6 Å². The van der Waals surface area contributed by atoms with Gasteiger partial charge in [-0.2, -0.15) is 0 Å². The second kappa shape index (κ2) is 9.65. The Kier molecular flexibility index (Phi) is 6.51. The molecule has 0 aliphatic rings. The molecule has 1 amide bonds. The van der Waals surface area contributed by atoms with Gasteiger partial charge in [-0.25, -0.2) is 4.98 Å². The maximum atomic E-state index is 12.8. The molecule has 0 aliphatic carbocycles. The maximum Gasteiger partial charge on any atom is 0.271 e. The van der Waals surface area contributed by atoms with Gasteiger partial charge < -0.3 is 9.88 Å². The maximum absolute atomic E-state index is 12.8. The highest BCUT2D eigenvalue weighted by Crippen LogP contribution is 2.28. The van der Waals surface area contributed by atoms with Crippen LogP contribution in [0.25, 0.3) is 11.0 Å². The van der Waals surface area contributed by atoms with E-state index in [1.54, 1.807) is 19.1 Å². The molecule has 1 aromatic heterocycles. The van der Waals surface area contributed by atoms with Gasteiger partial charge in [-0.1, -0.05) is 60.3 Å². The molecule has 4 aromatic rings. The van der Waals surface area contributed by atoms with Gasteiger partial charge in [-0.05, 0) is 37.1 Å². The zero-order valence-corrected chi connectivity index (χ0v) is 18.3. The lowest BCUT2D eigenvalue weighted by Gasteiger charge is -2.14. The van der Waals surface area contributed by atoms with Gasteiger partial charge in [0, 0.05) is 24.4 Å². The largest absolute Gasteiger partial charge is 0.325 e. The Morgan fingerprint density at radius 2 is 1.84 bits per heavy atom. The van der Waals surface area contributed by atoms with Crippen molar-refractivity contribution in [1.82, 2.24) is 9.55 Å². The molecule has 32 heavy (non-hydrogen) atoms. The molecule has 0 saturated heterocycles. The zero-order chi connectivity index (χ0) is 22.5. The van der Waals surface area contributed by atoms with Crippen LogP contribution in [0.4, 0.5) is 11.4 Å². The fourth-order valence-corrected chi connectivity index (χ4v) is 4.35. The predicted molar refractivity (Wildman–Crippen MR) is 127 cm³/mol. The molecular formula is C24H22N4O3S. The molecule has 1 atom stereocenters. The van der Waals surface area contributed by atoms with E-state index < -0.39 is 10.2 Å². The minimum Gasteiger partial charge on any atom is -0.325 e. The molecule has 4 rings (SSSR count). The van der Waals surface area contributed by atoms with Gasteiger partial charge in [0.15, 0.2) is 5.16 Å². The molecule has 0 saturated carbocycles. The third kappa shape index (κ3) is 4.97. The summed E-state index contributed by atoms with van der Waals surface area (Å²) >= 11 is 1.37. The van der Waals surface area contributed by atoms with Crippen LogP contribution in [0.3, 0.4) is 0 Å². The van der Waals surface area contributed by atoms with Crippen LogP contribution in [0.1, 0.15) is 12.5 Å². The SMILES string of the molecule is C[C@H](Sc1nc2ccccc2n1CCc1ccccc1)C(=O)Nc1cccc([N+](=O)[O-])c1. The Morgan fingerprint density at radius 1 is 1.09 bits per heavy atom. The molecule has 0 fully saturated rings. The third-order valence-electron chi connectivity index (χ3n) is 5.06. The number of nitro groups is 1. The average molecular weight is 447 g/mol. The fraction of sp³-hybridized carbons (Fsp3) is 0.167. The summed E-state index contributed by atoms with van der Waals surface area (Å²) in [5.41, 5.74) is 3.48. The van der Waals surface area contributed by atoms with Crippen LogP contribution >= 0.6 is 11.8 Å². The minimum absolute atomic E-state index is 0.0641. The second-order valence-electron chi connectivity index (χ2n) is 7.33. The number of rotatable bonds is 8. The van der Waals surface area contributed by atoms with Crippen molar-refractivity contribution in [1.29, 1.82) is 0 Å². The number of anilines is 1. The molecule has 0 spiro atoms. The summed E-state index contributed by atoms with van der Waals surface area (Å²) in [6.45, 7) is 2.55. The number of fused-ring (bicyclic) bond motifs is 1. The van der Waals surface area contributed by atoms with E-state index in [2.05, 4.69) is 22.0 Å². The molecule has 8 heteroatoms. The summed E-state index contributed by atoms with van der Waals surface area (Å²) in [6, 6.07) is 24.1. The highest BCUT2D eigenvalue weighted by molar-refractivity contribution is 8.00. The lowest BCUT2D eigenvalue weighted by Crippen LogP contribution is -2.23. The first-order valence-corrected chi connectivity index (χ1v) is 11.1. The standard InChI is InChI=1S/C24H22N4O3S/c1-17(23(29)25-19-10-7-11-20(16-19)28(30)31)32-24-26-21-12-5-6-13-22(21)27(24)15-14-18-8-3-2-4-9-18/h2-13,16-17H,14-15H2,1H3,(H,25,29)/t17-/m0/s1. The molecule has 0 aliphatic heterocycles. The number of carbonyl (C=O) groups is 1. The highest BCUT2D eigenvalue weighted by atomic mass is 32.2. The van der Waals surface area contributed by atoms with Gasteiger partial charge in [0.2, 0.25) is 5.91 Å². The quantitative estimate of drug-likeness (QED) is 0.225. The number of nitrogens with one attached hydrogen (secondary N) is 1. The van der Waals surface area contributed by atoms with Gasteiger partial charge in [-0.15, -0.1) is 0 Å². The van der Waals surface area contributed by atoms with E-state index >= 15 is 0 Å². The Bertz CT molecular complexity index is 1260. The number of aryl methyl sites for hydroxylation is 2. The van der Waals surface area contributed by atoms with Crippen molar-refractivity contribution in [2.24, 2.45) is 0 Å². The van der Waals surface area contributed by atoms with Crippen LogP contribution in [0, 0.1) is 10.1 Å². The van der Waals surface area contributed by atoms with Crippen molar-refractivity contribution < 1.29 is 9.72 Å². The summed E-state index contributed by atoms with van der Waals surface area (Å²) in [5.74, 6) is -0.239. The lowest BCUT2D eigenvalue weighted by molar-refractivity contribution is -0.384. The number of thioether (sulfide) groups is 1. The number of amides is 1. The fourth-order valence-electron chi connectivity index (χ4n) is 3.40. The van der Waals surface area contributed by atoms with Crippen molar-refractivity contribution in [3.8, 4) is 0 Å². The highest BCUT2D eigenvalue weighted by Gasteiger charge is 2.20. The molecule has 162 valence electrons. The summed E-state index contributed by atoms with van der Waals surface area (Å²) in [6.07, 6.45) is 0.850. The van der Waals surface area contributed by atoms with E-state index in [0.717, 1.165) is 29.2 Å². The predicted octanol–water partition coefficient (Wildman–Crippen LogP) is 5.31. The van der Waals surface area contributed by atoms with E-state index in [4.69, 9.17) is 4.98 Å². The Morgan fingerprint density at radius 3 is 2.62 bits per heavy atom. The summed E-state index contributed by atoms with van der Waals surface area (Å²) in [5, 5.41) is 14.1. The second-order valence-corrected chi connectivity index (χ2v) is 8.64. The molecule has 3 aromatic carbocycles. The van der Waals surface area contributed by atoms with E-state index in [-0.39, 0.29) is 11.6 Å². The average Bonchev–Trinajstić information content (AvgIpc) is 3.15. The first kappa shape index (κ1) is 21.6. The van der Waals surface area contributed by atoms with Gasteiger partial charge in [0.1, 0.15) is 0 Å².